The molecule has 0 saturated heterocycles. The second-order valence-electron chi connectivity index (χ2n) is 5.11. The van der Waals surface area contributed by atoms with Crippen LogP contribution in [0.15, 0.2) is 30.3 Å². The minimum atomic E-state index is -0.00869. The van der Waals surface area contributed by atoms with Crippen molar-refractivity contribution in [3.8, 4) is 11.5 Å². The third-order valence-electron chi connectivity index (χ3n) is 3.43. The van der Waals surface area contributed by atoms with E-state index in [1.54, 1.807) is 18.2 Å². The SMILES string of the molecule is CC(=O)c1ccc(Oc2cc(C)c(C)cc2C)c(N)c1. The first-order valence-corrected chi connectivity index (χ1v) is 6.54. The second kappa shape index (κ2) is 5.37. The topological polar surface area (TPSA) is 52.3 Å². The maximum absolute atomic E-state index is 11.3. The molecule has 2 aromatic carbocycles. The average Bonchev–Trinajstić information content (AvgIpc) is 2.37. The number of Topliss-reactive ketones (excluding diaryl/α,β-unsaturated/α-hetero) is 1. The summed E-state index contributed by atoms with van der Waals surface area (Å²) in [6, 6.07) is 9.20. The van der Waals surface area contributed by atoms with Gasteiger partial charge in [0.1, 0.15) is 11.5 Å². The van der Waals surface area contributed by atoms with Gasteiger partial charge in [-0.25, -0.2) is 0 Å². The smallest absolute Gasteiger partial charge is 0.159 e. The molecule has 0 unspecified atom stereocenters. The summed E-state index contributed by atoms with van der Waals surface area (Å²) in [7, 11) is 0. The molecule has 0 saturated carbocycles. The standard InChI is InChI=1S/C17H19NO2/c1-10-7-12(3)17(8-11(10)2)20-16-6-5-14(13(4)19)9-15(16)18/h5-9H,18H2,1-4H3. The van der Waals surface area contributed by atoms with Gasteiger partial charge in [0.25, 0.3) is 0 Å². The number of hydrogen-bond donors (Lipinski definition) is 1. The van der Waals surface area contributed by atoms with E-state index < -0.39 is 0 Å². The molecule has 0 bridgehead atoms. The van der Waals surface area contributed by atoms with Crippen molar-refractivity contribution in [3.63, 3.8) is 0 Å². The molecule has 2 aromatic rings. The Kier molecular flexibility index (Phi) is 3.79. The Morgan fingerprint density at radius 3 is 2.20 bits per heavy atom. The largest absolute Gasteiger partial charge is 0.455 e. The highest BCUT2D eigenvalue weighted by Gasteiger charge is 2.09. The predicted molar refractivity (Wildman–Crippen MR) is 81.6 cm³/mol. The zero-order valence-corrected chi connectivity index (χ0v) is 12.3. The van der Waals surface area contributed by atoms with Crippen LogP contribution in [0.5, 0.6) is 11.5 Å². The Morgan fingerprint density at radius 1 is 0.950 bits per heavy atom. The van der Waals surface area contributed by atoms with Crippen molar-refractivity contribution in [2.45, 2.75) is 27.7 Å². The number of carbonyl (C=O) groups is 1. The lowest BCUT2D eigenvalue weighted by Crippen LogP contribution is -1.98. The monoisotopic (exact) mass is 269 g/mol. The highest BCUT2D eigenvalue weighted by atomic mass is 16.5. The predicted octanol–water partition coefficient (Wildman–Crippen LogP) is 4.19. The normalized spacial score (nSPS) is 10.4. The van der Waals surface area contributed by atoms with Gasteiger partial charge in [0.05, 0.1) is 5.69 Å². The van der Waals surface area contributed by atoms with E-state index in [0.717, 1.165) is 11.3 Å². The second-order valence-corrected chi connectivity index (χ2v) is 5.11. The number of anilines is 1. The third-order valence-corrected chi connectivity index (χ3v) is 3.43. The van der Waals surface area contributed by atoms with Crippen molar-refractivity contribution in [2.75, 3.05) is 5.73 Å². The minimum Gasteiger partial charge on any atom is -0.455 e. The molecule has 104 valence electrons. The Hall–Kier alpha value is -2.29. The lowest BCUT2D eigenvalue weighted by Gasteiger charge is -2.13. The van der Waals surface area contributed by atoms with Crippen LogP contribution in [0.3, 0.4) is 0 Å². The van der Waals surface area contributed by atoms with Crippen LogP contribution < -0.4 is 10.5 Å². The van der Waals surface area contributed by atoms with Crippen LogP contribution in [0.4, 0.5) is 5.69 Å². The molecule has 0 amide bonds. The fraction of sp³-hybridized carbons (Fsp3) is 0.235. The van der Waals surface area contributed by atoms with E-state index in [2.05, 4.69) is 13.0 Å². The van der Waals surface area contributed by atoms with Gasteiger partial charge >= 0.3 is 0 Å². The Bertz CT molecular complexity index is 675. The van der Waals surface area contributed by atoms with Crippen LogP contribution in [0.25, 0.3) is 0 Å². The summed E-state index contributed by atoms with van der Waals surface area (Å²) in [4.78, 5) is 11.3. The fourth-order valence-corrected chi connectivity index (χ4v) is 2.02. The van der Waals surface area contributed by atoms with E-state index in [4.69, 9.17) is 10.5 Å². The lowest BCUT2D eigenvalue weighted by atomic mass is 10.1. The molecule has 20 heavy (non-hydrogen) atoms. The number of rotatable bonds is 3. The van der Waals surface area contributed by atoms with Gasteiger partial charge in [-0.05, 0) is 68.7 Å². The Labute approximate surface area is 119 Å². The fourth-order valence-electron chi connectivity index (χ4n) is 2.02. The molecule has 0 aromatic heterocycles. The van der Waals surface area contributed by atoms with E-state index in [0.29, 0.717) is 17.0 Å². The number of carbonyl (C=O) groups excluding carboxylic acids is 1. The molecule has 2 rings (SSSR count). The van der Waals surface area contributed by atoms with E-state index in [-0.39, 0.29) is 5.78 Å². The van der Waals surface area contributed by atoms with Crippen LogP contribution in [0, 0.1) is 20.8 Å². The number of hydrogen-bond acceptors (Lipinski definition) is 3. The third kappa shape index (κ3) is 2.82. The van der Waals surface area contributed by atoms with Crippen LogP contribution in [-0.2, 0) is 0 Å². The van der Waals surface area contributed by atoms with Crippen molar-refractivity contribution in [2.24, 2.45) is 0 Å². The van der Waals surface area contributed by atoms with Crippen molar-refractivity contribution in [3.05, 3.63) is 52.6 Å². The molecule has 0 fully saturated rings. The summed E-state index contributed by atoms with van der Waals surface area (Å²) in [6.07, 6.45) is 0. The van der Waals surface area contributed by atoms with Crippen LogP contribution >= 0.6 is 0 Å². The lowest BCUT2D eigenvalue weighted by molar-refractivity contribution is 0.101. The summed E-state index contributed by atoms with van der Waals surface area (Å²) in [5.41, 5.74) is 10.5. The molecular formula is C17H19NO2. The van der Waals surface area contributed by atoms with Crippen molar-refractivity contribution in [1.82, 2.24) is 0 Å². The molecule has 0 aliphatic heterocycles. The van der Waals surface area contributed by atoms with Crippen molar-refractivity contribution < 1.29 is 9.53 Å². The molecule has 0 radical (unpaired) electrons. The summed E-state index contributed by atoms with van der Waals surface area (Å²) < 4.78 is 5.87. The highest BCUT2D eigenvalue weighted by Crippen LogP contribution is 2.31. The number of nitrogens with two attached hydrogens (primary N) is 1. The first-order chi connectivity index (χ1) is 9.38. The van der Waals surface area contributed by atoms with Gasteiger partial charge in [-0.1, -0.05) is 6.07 Å². The van der Waals surface area contributed by atoms with Crippen LogP contribution in [0.1, 0.15) is 34.0 Å². The van der Waals surface area contributed by atoms with Crippen molar-refractivity contribution >= 4 is 11.5 Å². The molecule has 0 spiro atoms. The van der Waals surface area contributed by atoms with E-state index in [1.807, 2.05) is 19.9 Å². The van der Waals surface area contributed by atoms with Crippen molar-refractivity contribution in [1.29, 1.82) is 0 Å². The summed E-state index contributed by atoms with van der Waals surface area (Å²) in [6.45, 7) is 7.64. The number of ketones is 1. The Morgan fingerprint density at radius 2 is 1.60 bits per heavy atom. The molecular weight excluding hydrogens is 250 g/mol. The number of benzene rings is 2. The van der Waals surface area contributed by atoms with E-state index >= 15 is 0 Å². The first kappa shape index (κ1) is 14.1. The first-order valence-electron chi connectivity index (χ1n) is 6.54. The van der Waals surface area contributed by atoms with Gasteiger partial charge in [-0.15, -0.1) is 0 Å². The average molecular weight is 269 g/mol. The molecule has 3 heteroatoms. The Balaban J connectivity index is 2.35. The summed E-state index contributed by atoms with van der Waals surface area (Å²) in [5, 5.41) is 0. The van der Waals surface area contributed by atoms with E-state index in [9.17, 15) is 4.79 Å². The maximum Gasteiger partial charge on any atom is 0.159 e. The van der Waals surface area contributed by atoms with Crippen LogP contribution in [0.2, 0.25) is 0 Å². The quantitative estimate of drug-likeness (QED) is 0.671. The molecule has 0 aliphatic rings. The molecule has 2 N–H and O–H groups in total. The zero-order chi connectivity index (χ0) is 14.9. The molecule has 3 nitrogen and oxygen atoms in total. The van der Waals surface area contributed by atoms with Crippen LogP contribution in [-0.4, -0.2) is 5.78 Å². The molecule has 0 atom stereocenters. The summed E-state index contributed by atoms with van der Waals surface area (Å²) in [5.74, 6) is 1.35. The van der Waals surface area contributed by atoms with Gasteiger partial charge in [0.2, 0.25) is 0 Å². The summed E-state index contributed by atoms with van der Waals surface area (Å²) >= 11 is 0. The minimum absolute atomic E-state index is 0.00869. The van der Waals surface area contributed by atoms with Gasteiger partial charge in [-0.2, -0.15) is 0 Å². The van der Waals surface area contributed by atoms with Gasteiger partial charge in [0.15, 0.2) is 5.78 Å². The number of nitrogen functional groups attached to an aromatic ring is 1. The van der Waals surface area contributed by atoms with Gasteiger partial charge in [-0.3, -0.25) is 4.79 Å². The van der Waals surface area contributed by atoms with Gasteiger partial charge in [0, 0.05) is 5.56 Å². The van der Waals surface area contributed by atoms with E-state index in [1.165, 1.54) is 18.1 Å². The highest BCUT2D eigenvalue weighted by molar-refractivity contribution is 5.95. The van der Waals surface area contributed by atoms with Gasteiger partial charge < -0.3 is 10.5 Å². The number of aryl methyl sites for hydroxylation is 3. The zero-order valence-electron chi connectivity index (χ0n) is 12.3. The number of ether oxygens (including phenoxy) is 1. The maximum atomic E-state index is 11.3. The molecule has 0 aliphatic carbocycles. The molecule has 0 heterocycles.